The summed E-state index contributed by atoms with van der Waals surface area (Å²) in [6.45, 7) is 6.53. The summed E-state index contributed by atoms with van der Waals surface area (Å²) in [6, 6.07) is 0. The zero-order valence-corrected chi connectivity index (χ0v) is 19.1. The van der Waals surface area contributed by atoms with Crippen LogP contribution >= 0.6 is 0 Å². The van der Waals surface area contributed by atoms with Crippen molar-refractivity contribution in [2.75, 3.05) is 6.61 Å². The fourth-order valence-corrected chi connectivity index (χ4v) is 3.04. The van der Waals surface area contributed by atoms with E-state index in [0.29, 0.717) is 13.0 Å². The van der Waals surface area contributed by atoms with Crippen LogP contribution in [0.3, 0.4) is 0 Å². The van der Waals surface area contributed by atoms with E-state index in [2.05, 4.69) is 13.8 Å². The predicted octanol–water partition coefficient (Wildman–Crippen LogP) is 7.68. The van der Waals surface area contributed by atoms with Crippen molar-refractivity contribution in [3.05, 3.63) is 0 Å². The molecule has 0 unspecified atom stereocenters. The molecule has 28 heavy (non-hydrogen) atoms. The van der Waals surface area contributed by atoms with Crippen molar-refractivity contribution < 1.29 is 19.4 Å². The highest BCUT2D eigenvalue weighted by Crippen LogP contribution is 2.10. The lowest BCUT2D eigenvalue weighted by Gasteiger charge is -2.02. The van der Waals surface area contributed by atoms with Crippen molar-refractivity contribution >= 4 is 11.9 Å². The van der Waals surface area contributed by atoms with Crippen molar-refractivity contribution in [1.82, 2.24) is 0 Å². The number of carboxylic acids is 1. The molecule has 0 aliphatic heterocycles. The van der Waals surface area contributed by atoms with Gasteiger partial charge in [-0.15, -0.1) is 0 Å². The molecule has 0 aliphatic carbocycles. The minimum atomic E-state index is -0.659. The molecule has 0 amide bonds. The molecule has 168 valence electrons. The maximum absolute atomic E-state index is 10.4. The van der Waals surface area contributed by atoms with E-state index in [0.717, 1.165) is 19.3 Å². The summed E-state index contributed by atoms with van der Waals surface area (Å²) in [4.78, 5) is 20.6. The Morgan fingerprint density at radius 3 is 1.32 bits per heavy atom. The largest absolute Gasteiger partial charge is 0.481 e. The smallest absolute Gasteiger partial charge is 0.303 e. The Labute approximate surface area is 174 Å². The Morgan fingerprint density at radius 1 is 0.607 bits per heavy atom. The number of ether oxygens (including phenoxy) is 1. The first kappa shape index (κ1) is 29.1. The Bertz CT molecular complexity index is 297. The Kier molecular flexibility index (Phi) is 27.0. The number of hydrogen-bond donors (Lipinski definition) is 1. The highest BCUT2D eigenvalue weighted by molar-refractivity contribution is 5.66. The summed E-state index contributed by atoms with van der Waals surface area (Å²) < 4.78 is 4.85. The maximum atomic E-state index is 10.4. The number of unbranched alkanes of at least 4 members (excludes halogenated alkanes) is 15. The molecule has 0 aliphatic rings. The molecule has 0 bridgehead atoms. The molecule has 0 spiro atoms. The number of aliphatic carboxylic acids is 1. The van der Waals surface area contributed by atoms with Gasteiger partial charge in [-0.2, -0.15) is 0 Å². The summed E-state index contributed by atoms with van der Waals surface area (Å²) in [5, 5.41) is 8.41. The van der Waals surface area contributed by atoms with Gasteiger partial charge >= 0.3 is 11.9 Å². The van der Waals surface area contributed by atoms with Gasteiger partial charge in [-0.3, -0.25) is 9.59 Å². The van der Waals surface area contributed by atoms with Gasteiger partial charge in [0.15, 0.2) is 0 Å². The molecule has 1 N–H and O–H groups in total. The second-order valence-corrected chi connectivity index (χ2v) is 7.79. The first-order valence-corrected chi connectivity index (χ1v) is 11.9. The highest BCUT2D eigenvalue weighted by Gasteiger charge is 1.96. The molecule has 0 fully saturated rings. The van der Waals surface area contributed by atoms with E-state index in [-0.39, 0.29) is 5.97 Å². The average Bonchev–Trinajstić information content (AvgIpc) is 2.65. The van der Waals surface area contributed by atoms with E-state index in [1.165, 1.54) is 96.8 Å². The summed E-state index contributed by atoms with van der Waals surface area (Å²) in [6.07, 6.45) is 21.7. The topological polar surface area (TPSA) is 63.6 Å². The molecular formula is C24H48O4. The van der Waals surface area contributed by atoms with Crippen LogP contribution in [0.1, 0.15) is 136 Å². The fourth-order valence-electron chi connectivity index (χ4n) is 3.04. The van der Waals surface area contributed by atoms with Gasteiger partial charge in [0.2, 0.25) is 0 Å². The van der Waals surface area contributed by atoms with E-state index in [1.54, 1.807) is 0 Å². The van der Waals surface area contributed by atoms with Crippen molar-refractivity contribution in [3.63, 3.8) is 0 Å². The van der Waals surface area contributed by atoms with Crippen LogP contribution in [0.2, 0.25) is 0 Å². The zero-order chi connectivity index (χ0) is 21.3. The van der Waals surface area contributed by atoms with E-state index < -0.39 is 5.97 Å². The van der Waals surface area contributed by atoms with Gasteiger partial charge in [-0.05, 0) is 12.8 Å². The number of carboxylic acid groups (broad SMARTS) is 1. The molecule has 0 rings (SSSR count). The number of rotatable bonds is 19. The van der Waals surface area contributed by atoms with Gasteiger partial charge in [0.1, 0.15) is 0 Å². The lowest BCUT2D eigenvalue weighted by atomic mass is 10.1. The minimum absolute atomic E-state index is 0.159. The normalized spacial score (nSPS) is 10.2. The molecule has 0 radical (unpaired) electrons. The molecule has 0 atom stereocenters. The molecule has 0 heterocycles. The summed E-state index contributed by atoms with van der Waals surface area (Å²) >= 11 is 0. The monoisotopic (exact) mass is 400 g/mol. The van der Waals surface area contributed by atoms with Gasteiger partial charge in [-0.25, -0.2) is 0 Å². The Hall–Kier alpha value is -1.06. The standard InChI is InChI=1S/2C12H24O2/c1-3-4-5-6-7-8-9-10-11-14-12(2)13;1-2-3-4-5-6-7-8-9-10-11-12(13)14/h3-11H2,1-2H3;2-11H2,1H3,(H,13,14). The molecule has 0 saturated carbocycles. The van der Waals surface area contributed by atoms with Gasteiger partial charge in [0, 0.05) is 13.3 Å². The maximum Gasteiger partial charge on any atom is 0.303 e. The van der Waals surface area contributed by atoms with Crippen LogP contribution in [0, 0.1) is 0 Å². The Morgan fingerprint density at radius 2 is 0.964 bits per heavy atom. The van der Waals surface area contributed by atoms with Crippen molar-refractivity contribution in [2.24, 2.45) is 0 Å². The number of carbonyl (C=O) groups is 2. The van der Waals surface area contributed by atoms with Gasteiger partial charge < -0.3 is 9.84 Å². The van der Waals surface area contributed by atoms with E-state index in [1.807, 2.05) is 0 Å². The SMILES string of the molecule is CCCCCCCCCCCC(=O)O.CCCCCCCCCCOC(C)=O. The van der Waals surface area contributed by atoms with Gasteiger partial charge in [0.25, 0.3) is 0 Å². The predicted molar refractivity (Wildman–Crippen MR) is 119 cm³/mol. The van der Waals surface area contributed by atoms with E-state index >= 15 is 0 Å². The average molecular weight is 401 g/mol. The highest BCUT2D eigenvalue weighted by atomic mass is 16.5. The molecular weight excluding hydrogens is 352 g/mol. The second kappa shape index (κ2) is 25.9. The molecule has 4 heteroatoms. The summed E-state index contributed by atoms with van der Waals surface area (Å²) in [5.41, 5.74) is 0. The fraction of sp³-hybridized carbons (Fsp3) is 0.917. The first-order valence-electron chi connectivity index (χ1n) is 11.9. The lowest BCUT2D eigenvalue weighted by Crippen LogP contribution is -1.99. The second-order valence-electron chi connectivity index (χ2n) is 7.79. The van der Waals surface area contributed by atoms with Crippen LogP contribution in [-0.2, 0) is 14.3 Å². The van der Waals surface area contributed by atoms with E-state index in [9.17, 15) is 9.59 Å². The summed E-state index contributed by atoms with van der Waals surface area (Å²) in [5.74, 6) is -0.819. The quantitative estimate of drug-likeness (QED) is 0.178. The molecule has 0 aromatic heterocycles. The van der Waals surface area contributed by atoms with Gasteiger partial charge in [0.05, 0.1) is 6.61 Å². The first-order chi connectivity index (χ1) is 13.5. The number of carbonyl (C=O) groups excluding carboxylic acids is 1. The van der Waals surface area contributed by atoms with Crippen LogP contribution in [0.25, 0.3) is 0 Å². The summed E-state index contributed by atoms with van der Waals surface area (Å²) in [7, 11) is 0. The third kappa shape index (κ3) is 32.6. The minimum Gasteiger partial charge on any atom is -0.481 e. The van der Waals surface area contributed by atoms with Crippen LogP contribution in [0.15, 0.2) is 0 Å². The third-order valence-corrected chi connectivity index (χ3v) is 4.80. The van der Waals surface area contributed by atoms with Crippen molar-refractivity contribution in [2.45, 2.75) is 136 Å². The molecule has 0 aromatic rings. The van der Waals surface area contributed by atoms with Crippen LogP contribution in [-0.4, -0.2) is 23.7 Å². The molecule has 0 aromatic carbocycles. The molecule has 0 saturated heterocycles. The van der Waals surface area contributed by atoms with Crippen LogP contribution in [0.5, 0.6) is 0 Å². The number of hydrogen-bond acceptors (Lipinski definition) is 3. The Balaban J connectivity index is 0. The van der Waals surface area contributed by atoms with Crippen LogP contribution in [0.4, 0.5) is 0 Å². The van der Waals surface area contributed by atoms with Crippen LogP contribution < -0.4 is 0 Å². The molecule has 4 nitrogen and oxygen atoms in total. The van der Waals surface area contributed by atoms with E-state index in [4.69, 9.17) is 9.84 Å². The zero-order valence-electron chi connectivity index (χ0n) is 19.1. The van der Waals surface area contributed by atoms with Crippen molar-refractivity contribution in [3.8, 4) is 0 Å². The number of esters is 1. The lowest BCUT2D eigenvalue weighted by molar-refractivity contribution is -0.141. The van der Waals surface area contributed by atoms with Crippen molar-refractivity contribution in [1.29, 1.82) is 0 Å². The van der Waals surface area contributed by atoms with Gasteiger partial charge in [-0.1, -0.05) is 110 Å². The third-order valence-electron chi connectivity index (χ3n) is 4.80.